The zero-order valence-electron chi connectivity index (χ0n) is 8.53. The average Bonchev–Trinajstić information content (AvgIpc) is 2.25. The van der Waals surface area contributed by atoms with Crippen molar-refractivity contribution in [1.29, 1.82) is 0 Å². The summed E-state index contributed by atoms with van der Waals surface area (Å²) in [7, 11) is 0. The average molecular weight is 215 g/mol. The molecule has 0 radical (unpaired) electrons. The van der Waals surface area contributed by atoms with Gasteiger partial charge in [0.05, 0.1) is 0 Å². The minimum atomic E-state index is -1.19. The molecule has 2 aliphatic rings. The van der Waals surface area contributed by atoms with Crippen LogP contribution in [0.1, 0.15) is 12.8 Å². The SMILES string of the molecule is FC1=CN(CC2CCOCC2)C(F)C=C1. The van der Waals surface area contributed by atoms with Crippen molar-refractivity contribution in [2.45, 2.75) is 19.1 Å². The molecule has 4 heteroatoms. The Morgan fingerprint density at radius 2 is 2.13 bits per heavy atom. The number of ether oxygens (including phenoxy) is 1. The van der Waals surface area contributed by atoms with Gasteiger partial charge in [0.25, 0.3) is 0 Å². The van der Waals surface area contributed by atoms with Crippen molar-refractivity contribution in [1.82, 2.24) is 4.90 Å². The second-order valence-corrected chi connectivity index (χ2v) is 4.00. The number of hydrogen-bond acceptors (Lipinski definition) is 2. The van der Waals surface area contributed by atoms with E-state index in [1.807, 2.05) is 0 Å². The molecular weight excluding hydrogens is 200 g/mol. The number of halogens is 2. The first-order chi connectivity index (χ1) is 7.25. The summed E-state index contributed by atoms with van der Waals surface area (Å²) in [6.45, 7) is 2.04. The maximum absolute atomic E-state index is 13.4. The van der Waals surface area contributed by atoms with Crippen LogP contribution in [0.2, 0.25) is 0 Å². The lowest BCUT2D eigenvalue weighted by molar-refractivity contribution is 0.0460. The number of allylic oxidation sites excluding steroid dienone is 2. The Labute approximate surface area is 88.2 Å². The molecule has 0 aliphatic carbocycles. The van der Waals surface area contributed by atoms with E-state index >= 15 is 0 Å². The summed E-state index contributed by atoms with van der Waals surface area (Å²) in [6, 6.07) is 0. The summed E-state index contributed by atoms with van der Waals surface area (Å²) in [4.78, 5) is 1.42. The van der Waals surface area contributed by atoms with E-state index in [0.717, 1.165) is 26.1 Å². The lowest BCUT2D eigenvalue weighted by Crippen LogP contribution is -2.34. The zero-order valence-corrected chi connectivity index (χ0v) is 8.53. The van der Waals surface area contributed by atoms with Crippen LogP contribution in [0.15, 0.2) is 24.2 Å². The molecule has 1 saturated heterocycles. The summed E-state index contributed by atoms with van der Waals surface area (Å²) in [5.74, 6) is 0.0310. The molecule has 1 fully saturated rings. The van der Waals surface area contributed by atoms with Gasteiger partial charge in [0.1, 0.15) is 5.83 Å². The van der Waals surface area contributed by atoms with Gasteiger partial charge >= 0.3 is 0 Å². The van der Waals surface area contributed by atoms with E-state index in [-0.39, 0.29) is 5.83 Å². The molecule has 1 unspecified atom stereocenters. The van der Waals surface area contributed by atoms with Crippen LogP contribution in [0.25, 0.3) is 0 Å². The quantitative estimate of drug-likeness (QED) is 0.656. The molecule has 0 N–H and O–H groups in total. The predicted molar refractivity (Wildman–Crippen MR) is 53.5 cm³/mol. The van der Waals surface area contributed by atoms with Crippen LogP contribution >= 0.6 is 0 Å². The highest BCUT2D eigenvalue weighted by atomic mass is 19.1. The standard InChI is InChI=1S/C11H15F2NO/c12-10-1-2-11(13)14(8-10)7-9-3-5-15-6-4-9/h1-2,8-9,11H,3-7H2. The third-order valence-corrected chi connectivity index (χ3v) is 2.83. The van der Waals surface area contributed by atoms with E-state index in [2.05, 4.69) is 0 Å². The van der Waals surface area contributed by atoms with Crippen molar-refractivity contribution >= 4 is 0 Å². The van der Waals surface area contributed by atoms with Gasteiger partial charge in [-0.05, 0) is 30.9 Å². The van der Waals surface area contributed by atoms with Gasteiger partial charge in [-0.3, -0.25) is 0 Å². The maximum Gasteiger partial charge on any atom is 0.191 e. The Balaban J connectivity index is 1.90. The number of hydrogen-bond donors (Lipinski definition) is 0. The van der Waals surface area contributed by atoms with Crippen molar-refractivity contribution in [3.8, 4) is 0 Å². The number of nitrogens with zero attached hydrogens (tertiary/aromatic N) is 1. The highest BCUT2D eigenvalue weighted by molar-refractivity contribution is 5.17. The van der Waals surface area contributed by atoms with Crippen molar-refractivity contribution < 1.29 is 13.5 Å². The minimum absolute atomic E-state index is 0.379. The van der Waals surface area contributed by atoms with Gasteiger partial charge in [0, 0.05) is 26.0 Å². The lowest BCUT2D eigenvalue weighted by atomic mass is 9.99. The Bertz CT molecular complexity index is 272. The molecule has 2 rings (SSSR count). The fraction of sp³-hybridized carbons (Fsp3) is 0.636. The zero-order chi connectivity index (χ0) is 10.7. The topological polar surface area (TPSA) is 12.5 Å². The Morgan fingerprint density at radius 3 is 2.87 bits per heavy atom. The van der Waals surface area contributed by atoms with Gasteiger partial charge in [-0.2, -0.15) is 0 Å². The third kappa shape index (κ3) is 2.78. The van der Waals surface area contributed by atoms with Crippen molar-refractivity contribution in [3.63, 3.8) is 0 Å². The van der Waals surface area contributed by atoms with E-state index in [1.165, 1.54) is 23.3 Å². The molecule has 1 atom stereocenters. The van der Waals surface area contributed by atoms with Crippen LogP contribution in [0, 0.1) is 5.92 Å². The molecule has 84 valence electrons. The van der Waals surface area contributed by atoms with Gasteiger partial charge < -0.3 is 9.64 Å². The van der Waals surface area contributed by atoms with Crippen molar-refractivity contribution in [2.24, 2.45) is 5.92 Å². The minimum Gasteiger partial charge on any atom is -0.381 e. The fourth-order valence-electron chi connectivity index (χ4n) is 1.94. The molecule has 2 aliphatic heterocycles. The maximum atomic E-state index is 13.4. The first-order valence-corrected chi connectivity index (χ1v) is 5.29. The molecular formula is C11H15F2NO. The summed E-state index contributed by atoms with van der Waals surface area (Å²) < 4.78 is 31.5. The highest BCUT2D eigenvalue weighted by Gasteiger charge is 2.22. The van der Waals surface area contributed by atoms with Crippen LogP contribution in [-0.4, -0.2) is 31.0 Å². The Hall–Kier alpha value is -0.900. The first kappa shape index (κ1) is 10.6. The molecule has 15 heavy (non-hydrogen) atoms. The van der Waals surface area contributed by atoms with Gasteiger partial charge in [-0.15, -0.1) is 0 Å². The van der Waals surface area contributed by atoms with E-state index in [1.54, 1.807) is 0 Å². The molecule has 0 amide bonds. The van der Waals surface area contributed by atoms with Gasteiger partial charge in [-0.25, -0.2) is 8.78 Å². The third-order valence-electron chi connectivity index (χ3n) is 2.83. The molecule has 2 nitrogen and oxygen atoms in total. The largest absolute Gasteiger partial charge is 0.381 e. The monoisotopic (exact) mass is 215 g/mol. The summed E-state index contributed by atoms with van der Waals surface area (Å²) in [6.07, 6.45) is 4.34. The van der Waals surface area contributed by atoms with Crippen LogP contribution in [0.5, 0.6) is 0 Å². The van der Waals surface area contributed by atoms with Crippen molar-refractivity contribution in [3.05, 3.63) is 24.2 Å². The number of alkyl halides is 1. The predicted octanol–water partition coefficient (Wildman–Crippen LogP) is 2.39. The molecule has 0 aromatic rings. The van der Waals surface area contributed by atoms with Crippen molar-refractivity contribution in [2.75, 3.05) is 19.8 Å². The van der Waals surface area contributed by atoms with Gasteiger partial charge in [0.15, 0.2) is 6.30 Å². The van der Waals surface area contributed by atoms with E-state index in [0.29, 0.717) is 12.5 Å². The molecule has 0 bridgehead atoms. The van der Waals surface area contributed by atoms with Gasteiger partial charge in [0.2, 0.25) is 0 Å². The number of rotatable bonds is 2. The van der Waals surface area contributed by atoms with E-state index < -0.39 is 6.30 Å². The van der Waals surface area contributed by atoms with E-state index in [4.69, 9.17) is 4.74 Å². The highest BCUT2D eigenvalue weighted by Crippen LogP contribution is 2.21. The molecule has 0 spiro atoms. The molecule has 2 heterocycles. The summed E-state index contributed by atoms with van der Waals surface area (Å²) in [5, 5.41) is 0. The fourth-order valence-corrected chi connectivity index (χ4v) is 1.94. The van der Waals surface area contributed by atoms with Crippen LogP contribution in [-0.2, 0) is 4.74 Å². The molecule has 0 aromatic heterocycles. The van der Waals surface area contributed by atoms with E-state index in [9.17, 15) is 8.78 Å². The second-order valence-electron chi connectivity index (χ2n) is 4.00. The normalized spacial score (nSPS) is 28.0. The van der Waals surface area contributed by atoms with Crippen LogP contribution in [0.4, 0.5) is 8.78 Å². The molecule has 0 aromatic carbocycles. The Morgan fingerprint density at radius 1 is 1.40 bits per heavy atom. The van der Waals surface area contributed by atoms with Crippen LogP contribution < -0.4 is 0 Å². The summed E-state index contributed by atoms with van der Waals surface area (Å²) >= 11 is 0. The smallest absolute Gasteiger partial charge is 0.191 e. The summed E-state index contributed by atoms with van der Waals surface area (Å²) in [5.41, 5.74) is 0. The first-order valence-electron chi connectivity index (χ1n) is 5.29. The molecule has 0 saturated carbocycles. The second kappa shape index (κ2) is 4.75. The van der Waals surface area contributed by atoms with Crippen LogP contribution in [0.3, 0.4) is 0 Å². The Kier molecular flexibility index (Phi) is 3.36. The van der Waals surface area contributed by atoms with Gasteiger partial charge in [-0.1, -0.05) is 0 Å². The lowest BCUT2D eigenvalue weighted by Gasteiger charge is -2.31.